The summed E-state index contributed by atoms with van der Waals surface area (Å²) in [5.74, 6) is 0. The molecule has 1 nitrogen and oxygen atoms in total. The summed E-state index contributed by atoms with van der Waals surface area (Å²) in [7, 11) is 0. The monoisotopic (exact) mass is 159 g/mol. The molecule has 12 heavy (non-hydrogen) atoms. The third-order valence-electron chi connectivity index (χ3n) is 1.68. The van der Waals surface area contributed by atoms with Crippen LogP contribution < -0.4 is 16.2 Å². The minimum atomic E-state index is 0.837. The van der Waals surface area contributed by atoms with Gasteiger partial charge in [0.2, 0.25) is 0 Å². The molecule has 2 N–H and O–H groups in total. The molecule has 62 valence electrons. The topological polar surface area (TPSA) is 26.0 Å². The quantitative estimate of drug-likeness (QED) is 0.642. The van der Waals surface area contributed by atoms with Crippen molar-refractivity contribution in [2.75, 3.05) is 0 Å². The molecule has 0 bridgehead atoms. The van der Waals surface area contributed by atoms with Crippen molar-refractivity contribution in [2.24, 2.45) is 5.73 Å². The SMILES string of the molecule is C=C/C=c1/cccc/c1=C(\C)N. The van der Waals surface area contributed by atoms with Crippen molar-refractivity contribution in [1.82, 2.24) is 0 Å². The Morgan fingerprint density at radius 3 is 2.67 bits per heavy atom. The van der Waals surface area contributed by atoms with Crippen LogP contribution in [0.15, 0.2) is 36.9 Å². The Kier molecular flexibility index (Phi) is 2.70. The van der Waals surface area contributed by atoms with Crippen LogP contribution in [0.1, 0.15) is 6.92 Å². The molecular formula is C11H13N. The van der Waals surface area contributed by atoms with Gasteiger partial charge in [-0.25, -0.2) is 0 Å². The van der Waals surface area contributed by atoms with E-state index < -0.39 is 0 Å². The van der Waals surface area contributed by atoms with Crippen molar-refractivity contribution in [2.45, 2.75) is 6.92 Å². The molecule has 0 radical (unpaired) electrons. The zero-order chi connectivity index (χ0) is 8.97. The van der Waals surface area contributed by atoms with Gasteiger partial charge in [0, 0.05) is 10.9 Å². The second kappa shape index (κ2) is 3.77. The van der Waals surface area contributed by atoms with Crippen LogP contribution in [-0.4, -0.2) is 0 Å². The molecule has 1 aromatic rings. The summed E-state index contributed by atoms with van der Waals surface area (Å²) < 4.78 is 0. The molecule has 0 saturated heterocycles. The Morgan fingerprint density at radius 1 is 1.42 bits per heavy atom. The number of hydrogen-bond donors (Lipinski definition) is 1. The maximum Gasteiger partial charge on any atom is 0.0128 e. The second-order valence-electron chi connectivity index (χ2n) is 2.67. The van der Waals surface area contributed by atoms with Gasteiger partial charge < -0.3 is 5.73 Å². The van der Waals surface area contributed by atoms with Crippen molar-refractivity contribution in [1.29, 1.82) is 0 Å². The van der Waals surface area contributed by atoms with Crippen LogP contribution in [0.5, 0.6) is 0 Å². The first-order chi connectivity index (χ1) is 5.75. The van der Waals surface area contributed by atoms with Gasteiger partial charge in [-0.2, -0.15) is 0 Å². The van der Waals surface area contributed by atoms with Crippen LogP contribution >= 0.6 is 0 Å². The van der Waals surface area contributed by atoms with Crippen molar-refractivity contribution in [3.05, 3.63) is 47.4 Å². The fourth-order valence-electron chi connectivity index (χ4n) is 1.13. The average molecular weight is 159 g/mol. The maximum atomic E-state index is 5.71. The van der Waals surface area contributed by atoms with Gasteiger partial charge >= 0.3 is 0 Å². The lowest BCUT2D eigenvalue weighted by Gasteiger charge is -1.92. The maximum absolute atomic E-state index is 5.71. The zero-order valence-electron chi connectivity index (χ0n) is 7.25. The van der Waals surface area contributed by atoms with Gasteiger partial charge in [0.1, 0.15) is 0 Å². The molecule has 0 aliphatic heterocycles. The lowest BCUT2D eigenvalue weighted by molar-refractivity contribution is 1.40. The molecule has 0 aliphatic rings. The van der Waals surface area contributed by atoms with Gasteiger partial charge in [0.15, 0.2) is 0 Å². The van der Waals surface area contributed by atoms with Crippen LogP contribution in [0.25, 0.3) is 11.8 Å². The fraction of sp³-hybridized carbons (Fsp3) is 0.0909. The van der Waals surface area contributed by atoms with E-state index in [0.29, 0.717) is 0 Å². The van der Waals surface area contributed by atoms with Crippen molar-refractivity contribution >= 4 is 11.8 Å². The number of benzene rings is 1. The van der Waals surface area contributed by atoms with Gasteiger partial charge in [0.25, 0.3) is 0 Å². The van der Waals surface area contributed by atoms with Crippen LogP contribution in [0.3, 0.4) is 0 Å². The lowest BCUT2D eigenvalue weighted by Crippen LogP contribution is -2.27. The predicted molar refractivity (Wildman–Crippen MR) is 53.6 cm³/mol. The van der Waals surface area contributed by atoms with E-state index in [0.717, 1.165) is 16.1 Å². The van der Waals surface area contributed by atoms with E-state index in [9.17, 15) is 0 Å². The Balaban J connectivity index is 3.60. The number of nitrogens with two attached hydrogens (primary N) is 1. The first-order valence-corrected chi connectivity index (χ1v) is 3.90. The van der Waals surface area contributed by atoms with Crippen molar-refractivity contribution < 1.29 is 0 Å². The Bertz CT molecular complexity index is 384. The summed E-state index contributed by atoms with van der Waals surface area (Å²) in [5, 5.41) is 2.20. The van der Waals surface area contributed by atoms with Crippen LogP contribution in [0, 0.1) is 0 Å². The minimum Gasteiger partial charge on any atom is -0.402 e. The molecule has 0 aliphatic carbocycles. The minimum absolute atomic E-state index is 0.837. The van der Waals surface area contributed by atoms with E-state index in [4.69, 9.17) is 5.73 Å². The molecule has 0 amide bonds. The molecule has 1 rings (SSSR count). The average Bonchev–Trinajstić information content (AvgIpc) is 2.05. The molecule has 1 heteroatoms. The Labute approximate surface area is 72.5 Å². The summed E-state index contributed by atoms with van der Waals surface area (Å²) in [6.07, 6.45) is 3.72. The van der Waals surface area contributed by atoms with E-state index in [1.807, 2.05) is 37.3 Å². The van der Waals surface area contributed by atoms with E-state index >= 15 is 0 Å². The Hall–Kier alpha value is -1.50. The molecule has 0 heterocycles. The largest absolute Gasteiger partial charge is 0.402 e. The standard InChI is InChI=1S/C11H13N/c1-3-6-10-7-4-5-8-11(10)9(2)12/h3-8H,1,12H2,2H3/b10-6-,11-9-. The third kappa shape index (κ3) is 1.76. The van der Waals surface area contributed by atoms with Crippen LogP contribution in [-0.2, 0) is 0 Å². The highest BCUT2D eigenvalue weighted by atomic mass is 14.5. The van der Waals surface area contributed by atoms with Gasteiger partial charge in [0.05, 0.1) is 0 Å². The van der Waals surface area contributed by atoms with Crippen LogP contribution in [0.2, 0.25) is 0 Å². The smallest absolute Gasteiger partial charge is 0.0128 e. The van der Waals surface area contributed by atoms with Crippen LogP contribution in [0.4, 0.5) is 0 Å². The predicted octanol–water partition coefficient (Wildman–Crippen LogP) is 0.740. The molecule has 0 saturated carbocycles. The first kappa shape index (κ1) is 8.60. The summed E-state index contributed by atoms with van der Waals surface area (Å²) in [6, 6.07) is 7.99. The number of rotatable bonds is 1. The number of allylic oxidation sites excluding steroid dienone is 1. The van der Waals surface area contributed by atoms with Gasteiger partial charge in [-0.3, -0.25) is 0 Å². The van der Waals surface area contributed by atoms with Gasteiger partial charge in [-0.15, -0.1) is 0 Å². The summed E-state index contributed by atoms with van der Waals surface area (Å²) in [5.41, 5.74) is 6.54. The molecule has 0 aromatic heterocycles. The normalized spacial score (nSPS) is 14.2. The third-order valence-corrected chi connectivity index (χ3v) is 1.68. The molecule has 1 aromatic carbocycles. The highest BCUT2D eigenvalue weighted by Crippen LogP contribution is 1.76. The van der Waals surface area contributed by atoms with Gasteiger partial charge in [-0.05, 0) is 12.1 Å². The van der Waals surface area contributed by atoms with E-state index in [2.05, 4.69) is 6.58 Å². The molecule has 0 unspecified atom stereocenters. The van der Waals surface area contributed by atoms with Gasteiger partial charge in [-0.1, -0.05) is 43.0 Å². The van der Waals surface area contributed by atoms with E-state index in [1.54, 1.807) is 6.08 Å². The second-order valence-corrected chi connectivity index (χ2v) is 2.67. The molecular weight excluding hydrogens is 146 g/mol. The van der Waals surface area contributed by atoms with Crippen molar-refractivity contribution in [3.63, 3.8) is 0 Å². The van der Waals surface area contributed by atoms with E-state index in [1.165, 1.54) is 0 Å². The summed E-state index contributed by atoms with van der Waals surface area (Å²) in [6.45, 7) is 5.55. The highest BCUT2D eigenvalue weighted by Gasteiger charge is 1.84. The summed E-state index contributed by atoms with van der Waals surface area (Å²) >= 11 is 0. The Morgan fingerprint density at radius 2 is 2.08 bits per heavy atom. The lowest BCUT2D eigenvalue weighted by atomic mass is 10.2. The highest BCUT2D eigenvalue weighted by molar-refractivity contribution is 5.43. The number of hydrogen-bond acceptors (Lipinski definition) is 1. The first-order valence-electron chi connectivity index (χ1n) is 3.90. The van der Waals surface area contributed by atoms with Crippen molar-refractivity contribution in [3.8, 4) is 0 Å². The summed E-state index contributed by atoms with van der Waals surface area (Å²) in [4.78, 5) is 0. The molecule has 0 fully saturated rings. The fourth-order valence-corrected chi connectivity index (χ4v) is 1.13. The van der Waals surface area contributed by atoms with E-state index in [-0.39, 0.29) is 0 Å². The molecule has 0 atom stereocenters. The molecule has 0 spiro atoms. The zero-order valence-corrected chi connectivity index (χ0v) is 7.25.